The van der Waals surface area contributed by atoms with Gasteiger partial charge in [-0.2, -0.15) is 0 Å². The number of anilines is 1. The second-order valence-corrected chi connectivity index (χ2v) is 10.3. The molecule has 0 aliphatic carbocycles. The van der Waals surface area contributed by atoms with Crippen molar-refractivity contribution in [2.24, 2.45) is 0 Å². The third-order valence-electron chi connectivity index (χ3n) is 5.42. The van der Waals surface area contributed by atoms with Crippen LogP contribution in [0.2, 0.25) is 0 Å². The molecule has 2 aliphatic rings. The Morgan fingerprint density at radius 3 is 2.65 bits per heavy atom. The summed E-state index contributed by atoms with van der Waals surface area (Å²) in [7, 11) is -2.00. The topological polar surface area (TPSA) is 94.2 Å². The van der Waals surface area contributed by atoms with Crippen LogP contribution in [0, 0.1) is 0 Å². The fourth-order valence-corrected chi connectivity index (χ4v) is 4.92. The van der Waals surface area contributed by atoms with Gasteiger partial charge in [0.1, 0.15) is 22.8 Å². The fraction of sp³-hybridized carbons (Fsp3) is 0.409. The first kappa shape index (κ1) is 21.3. The lowest BCUT2D eigenvalue weighted by Gasteiger charge is -2.39. The molecule has 9 heteroatoms. The number of ether oxygens (including phenoxy) is 3. The third-order valence-corrected chi connectivity index (χ3v) is 6.56. The van der Waals surface area contributed by atoms with Gasteiger partial charge in [-0.25, -0.2) is 8.42 Å². The predicted octanol–water partition coefficient (Wildman–Crippen LogP) is 2.64. The number of sulfonamides is 1. The number of fused-ring (bicyclic) bond motifs is 2. The average molecular weight is 447 g/mol. The van der Waals surface area contributed by atoms with Crippen LogP contribution in [0.3, 0.4) is 0 Å². The number of hydrogen-bond donors (Lipinski definition) is 1. The van der Waals surface area contributed by atoms with Crippen LogP contribution >= 0.6 is 0 Å². The van der Waals surface area contributed by atoms with Crippen LogP contribution in [-0.2, 0) is 14.8 Å². The summed E-state index contributed by atoms with van der Waals surface area (Å²) in [5.41, 5.74) is 0.748. The molecular weight excluding hydrogens is 420 g/mol. The zero-order valence-corrected chi connectivity index (χ0v) is 18.7. The van der Waals surface area contributed by atoms with Crippen LogP contribution in [0.15, 0.2) is 42.5 Å². The van der Waals surface area contributed by atoms with Crippen molar-refractivity contribution < 1.29 is 27.4 Å². The maximum absolute atomic E-state index is 13.2. The van der Waals surface area contributed by atoms with Crippen LogP contribution in [0.4, 0.5) is 5.69 Å². The van der Waals surface area contributed by atoms with E-state index in [1.54, 1.807) is 31.4 Å². The summed E-state index contributed by atoms with van der Waals surface area (Å²) >= 11 is 0. The van der Waals surface area contributed by atoms with E-state index < -0.39 is 21.7 Å². The number of hydrogen-bond acceptors (Lipinski definition) is 6. The smallest absolute Gasteiger partial charge is 0.263 e. The lowest BCUT2D eigenvalue weighted by Crippen LogP contribution is -2.52. The van der Waals surface area contributed by atoms with Crippen LogP contribution < -0.4 is 23.8 Å². The van der Waals surface area contributed by atoms with Crippen molar-refractivity contribution in [3.63, 3.8) is 0 Å². The number of amides is 1. The number of carbonyl (C=O) groups is 1. The number of methoxy groups -OCH3 is 1. The number of rotatable bonds is 4. The van der Waals surface area contributed by atoms with Gasteiger partial charge in [0.2, 0.25) is 10.0 Å². The first-order chi connectivity index (χ1) is 14.6. The van der Waals surface area contributed by atoms with E-state index in [9.17, 15) is 13.2 Å². The van der Waals surface area contributed by atoms with Gasteiger partial charge in [-0.3, -0.25) is 9.10 Å². The van der Waals surface area contributed by atoms with Crippen LogP contribution in [0.5, 0.6) is 17.2 Å². The first-order valence-electron chi connectivity index (χ1n) is 9.98. The molecule has 0 spiro atoms. The molecule has 0 aromatic heterocycles. The zero-order valence-electron chi connectivity index (χ0n) is 17.9. The highest BCUT2D eigenvalue weighted by molar-refractivity contribution is 7.92. The monoisotopic (exact) mass is 446 g/mol. The van der Waals surface area contributed by atoms with Crippen molar-refractivity contribution in [3.05, 3.63) is 48.0 Å². The molecule has 4 rings (SSSR count). The third kappa shape index (κ3) is 4.27. The average Bonchev–Trinajstić information content (AvgIpc) is 2.71. The van der Waals surface area contributed by atoms with Crippen LogP contribution in [-0.4, -0.2) is 45.9 Å². The minimum atomic E-state index is -3.58. The summed E-state index contributed by atoms with van der Waals surface area (Å²) in [4.78, 5) is 13.2. The Bertz CT molecular complexity index is 1110. The van der Waals surface area contributed by atoms with E-state index in [0.29, 0.717) is 29.4 Å². The molecule has 0 unspecified atom stereocenters. The molecule has 0 fully saturated rings. The largest absolute Gasteiger partial charge is 0.497 e. The number of benzene rings is 2. The molecule has 31 heavy (non-hydrogen) atoms. The van der Waals surface area contributed by atoms with E-state index in [1.807, 2.05) is 32.0 Å². The molecule has 2 aromatic carbocycles. The lowest BCUT2D eigenvalue weighted by molar-refractivity contribution is -0.129. The number of carbonyl (C=O) groups excluding carboxylic acids is 1. The molecule has 166 valence electrons. The summed E-state index contributed by atoms with van der Waals surface area (Å²) in [6, 6.07) is 11.9. The Morgan fingerprint density at radius 2 is 1.94 bits per heavy atom. The Labute approximate surface area is 182 Å². The molecule has 1 N–H and O–H groups in total. The van der Waals surface area contributed by atoms with E-state index in [4.69, 9.17) is 14.2 Å². The molecule has 0 bridgehead atoms. The number of nitrogens with zero attached hydrogens (tertiary/aromatic N) is 1. The second-order valence-electron chi connectivity index (χ2n) is 8.40. The molecule has 0 saturated carbocycles. The van der Waals surface area contributed by atoms with Gasteiger partial charge in [-0.1, -0.05) is 12.1 Å². The maximum Gasteiger partial charge on any atom is 0.263 e. The highest BCUT2D eigenvalue weighted by Gasteiger charge is 2.39. The minimum Gasteiger partial charge on any atom is -0.497 e. The summed E-state index contributed by atoms with van der Waals surface area (Å²) in [6.07, 6.45) is 0.677. The van der Waals surface area contributed by atoms with Gasteiger partial charge in [-0.15, -0.1) is 0 Å². The van der Waals surface area contributed by atoms with Gasteiger partial charge >= 0.3 is 0 Å². The molecule has 2 aromatic rings. The zero-order chi connectivity index (χ0) is 22.4. The van der Waals surface area contributed by atoms with E-state index in [0.717, 1.165) is 11.8 Å². The Hall–Kier alpha value is -2.94. The Balaban J connectivity index is 1.61. The molecule has 0 radical (unpaired) electrons. The molecule has 2 heterocycles. The molecular formula is C22H26N2O6S. The maximum atomic E-state index is 13.2. The van der Waals surface area contributed by atoms with E-state index >= 15 is 0 Å². The van der Waals surface area contributed by atoms with Crippen molar-refractivity contribution in [1.82, 2.24) is 5.32 Å². The van der Waals surface area contributed by atoms with Gasteiger partial charge in [0.15, 0.2) is 6.10 Å². The molecule has 2 atom stereocenters. The van der Waals surface area contributed by atoms with Crippen molar-refractivity contribution >= 4 is 21.6 Å². The van der Waals surface area contributed by atoms with Crippen molar-refractivity contribution in [1.29, 1.82) is 0 Å². The summed E-state index contributed by atoms with van der Waals surface area (Å²) in [5, 5.41) is 3.03. The van der Waals surface area contributed by atoms with E-state index in [-0.39, 0.29) is 18.5 Å². The standard InChI is InChI=1S/C22H26N2O6S/c1-22(2)12-16(15-11-14(28-3)9-10-18(15)30-22)23-21(25)20-13-24(31(4,26)27)17-7-5-6-8-19(17)29-20/h5-11,16,20H,12-13H2,1-4H3,(H,23,25)/t16-,20+/m1/s1. The highest BCUT2D eigenvalue weighted by atomic mass is 32.2. The predicted molar refractivity (Wildman–Crippen MR) is 116 cm³/mol. The minimum absolute atomic E-state index is 0.0980. The van der Waals surface area contributed by atoms with E-state index in [1.165, 1.54) is 4.31 Å². The molecule has 2 aliphatic heterocycles. The second kappa shape index (κ2) is 7.64. The summed E-state index contributed by atoms with van der Waals surface area (Å²) < 4.78 is 43.1. The van der Waals surface area contributed by atoms with Crippen LogP contribution in [0.25, 0.3) is 0 Å². The molecule has 1 amide bonds. The van der Waals surface area contributed by atoms with Crippen molar-refractivity contribution in [3.8, 4) is 17.2 Å². The normalized spacial score (nSPS) is 21.7. The molecule has 0 saturated heterocycles. The fourth-order valence-electron chi connectivity index (χ4n) is 4.01. The van der Waals surface area contributed by atoms with Gasteiger partial charge in [0.05, 0.1) is 31.6 Å². The van der Waals surface area contributed by atoms with Gasteiger partial charge < -0.3 is 19.5 Å². The number of nitrogens with one attached hydrogen (secondary N) is 1. The SMILES string of the molecule is COc1ccc2c(c1)[C@H](NC(=O)[C@@H]1CN(S(C)(=O)=O)c3ccccc3O1)CC(C)(C)O2. The van der Waals surface area contributed by atoms with Crippen LogP contribution in [0.1, 0.15) is 31.9 Å². The Kier molecular flexibility index (Phi) is 5.25. The first-order valence-corrected chi connectivity index (χ1v) is 11.8. The Morgan fingerprint density at radius 1 is 1.19 bits per heavy atom. The van der Waals surface area contributed by atoms with Gasteiger partial charge in [0, 0.05) is 12.0 Å². The molecule has 8 nitrogen and oxygen atoms in total. The lowest BCUT2D eigenvalue weighted by atomic mass is 9.89. The van der Waals surface area contributed by atoms with Crippen molar-refractivity contribution in [2.45, 2.75) is 38.0 Å². The van der Waals surface area contributed by atoms with Gasteiger partial charge in [0.25, 0.3) is 5.91 Å². The van der Waals surface area contributed by atoms with E-state index in [2.05, 4.69) is 5.32 Å². The quantitative estimate of drug-likeness (QED) is 0.776. The van der Waals surface area contributed by atoms with Gasteiger partial charge in [-0.05, 0) is 44.2 Å². The number of para-hydroxylation sites is 2. The highest BCUT2D eigenvalue weighted by Crippen LogP contribution is 2.41. The summed E-state index contributed by atoms with van der Waals surface area (Å²) in [6.45, 7) is 3.81. The van der Waals surface area contributed by atoms with Crippen molar-refractivity contribution in [2.75, 3.05) is 24.2 Å². The summed E-state index contributed by atoms with van der Waals surface area (Å²) in [5.74, 6) is 1.30.